The van der Waals surface area contributed by atoms with E-state index in [0.717, 1.165) is 149 Å². The van der Waals surface area contributed by atoms with E-state index in [9.17, 15) is 20.4 Å². The second-order valence-electron chi connectivity index (χ2n) is 16.9. The lowest BCUT2D eigenvalue weighted by Crippen LogP contribution is -1.94. The Balaban J connectivity index is 1.61. The number of phenolic OH excluding ortho intramolecular Hbond substituents is 4. The van der Waals surface area contributed by atoms with Gasteiger partial charge in [-0.1, -0.05) is 79.7 Å². The van der Waals surface area contributed by atoms with Crippen LogP contribution in [0.3, 0.4) is 0 Å². The summed E-state index contributed by atoms with van der Waals surface area (Å²) in [5.41, 5.74) is 19.0. The highest BCUT2D eigenvalue weighted by Crippen LogP contribution is 2.50. The molecule has 0 aliphatic carbocycles. The van der Waals surface area contributed by atoms with Crippen LogP contribution in [-0.4, -0.2) is 40.4 Å². The summed E-state index contributed by atoms with van der Waals surface area (Å²) in [4.78, 5) is 19.2. The van der Waals surface area contributed by atoms with Crippen LogP contribution in [0.5, 0.6) is 23.0 Å². The van der Waals surface area contributed by atoms with Crippen LogP contribution in [0.1, 0.15) is 126 Å². The average Bonchev–Trinajstić information content (AvgIpc) is 4.04. The molecule has 4 aromatic carbocycles. The number of benzene rings is 4. The minimum Gasteiger partial charge on any atom is -0.508 e. The molecule has 8 bridgehead atoms. The van der Waals surface area contributed by atoms with E-state index in [1.165, 1.54) is 11.1 Å². The maximum atomic E-state index is 12.1. The molecule has 8 nitrogen and oxygen atoms in total. The number of aromatic amines is 2. The molecule has 0 amide bonds. The van der Waals surface area contributed by atoms with Crippen molar-refractivity contribution in [2.24, 2.45) is 0 Å². The zero-order valence-electron chi connectivity index (χ0n) is 38.3. The number of nitrogens with one attached hydrogen (secondary N) is 2. The van der Waals surface area contributed by atoms with Gasteiger partial charge in [-0.25, -0.2) is 9.97 Å². The smallest absolute Gasteiger partial charge is 0.124 e. The maximum absolute atomic E-state index is 12.1. The summed E-state index contributed by atoms with van der Waals surface area (Å²) in [7, 11) is 0. The summed E-state index contributed by atoms with van der Waals surface area (Å²) >= 11 is 0. The first-order chi connectivity index (χ1) is 31.0. The van der Waals surface area contributed by atoms with Gasteiger partial charge in [-0.2, -0.15) is 0 Å². The molecule has 326 valence electrons. The summed E-state index contributed by atoms with van der Waals surface area (Å²) < 4.78 is 0. The van der Waals surface area contributed by atoms with Gasteiger partial charge in [0, 0.05) is 33.3 Å². The minimum atomic E-state index is 0.113. The van der Waals surface area contributed by atoms with Gasteiger partial charge in [-0.05, 0) is 166 Å². The van der Waals surface area contributed by atoms with Gasteiger partial charge in [0.25, 0.3) is 0 Å². The Morgan fingerprint density at radius 1 is 0.391 bits per heavy atom. The van der Waals surface area contributed by atoms with Gasteiger partial charge < -0.3 is 30.4 Å². The Morgan fingerprint density at radius 2 is 0.750 bits per heavy atom. The SMILES string of the molecule is CCC1=C(CC)c2nc1cc1[nH]c(c(CC)c1CC)c(-c1c(O)ccc3ccc(O)cc13)c1nc(cc3[nH]c(c(CC)c3CC)c2-c2c(O)ccc3ccc(O)cc23)C(CC)=C1CC. The fourth-order valence-electron chi connectivity index (χ4n) is 10.9. The fraction of sp³-hybridized carbons (Fsp3) is 0.286. The van der Waals surface area contributed by atoms with E-state index in [1.54, 1.807) is 36.4 Å². The number of nitrogens with zero attached hydrogens (tertiary/aromatic N) is 2. The van der Waals surface area contributed by atoms with Crippen molar-refractivity contribution in [1.29, 1.82) is 0 Å². The van der Waals surface area contributed by atoms with Crippen LogP contribution < -0.4 is 0 Å². The standard InChI is InChI=1S/C56H58N4O4/c1-9-33-37(13-5)53-51(49-41-25-31(61)21-17-29(41)19-23-47(49)63)54-39(15-7)35(11-3)45(59-54)28-46-36(12-4)40(16-8)56(60-46)52(50-42-26-32(62)22-18-30(42)20-24-48(50)64)55-38(14-6)34(10-2)44(58-55)27-43(33)57-53/h17-28,57,60-64H,9-16H2,1-8H3. The number of H-pyrrole nitrogens is 2. The first-order valence-electron chi connectivity index (χ1n) is 23.2. The number of aryl methyl sites for hydroxylation is 4. The van der Waals surface area contributed by atoms with Crippen LogP contribution in [0.4, 0.5) is 0 Å². The molecule has 7 aromatic rings. The molecule has 2 aliphatic heterocycles. The van der Waals surface area contributed by atoms with E-state index >= 15 is 0 Å². The van der Waals surface area contributed by atoms with Crippen molar-refractivity contribution in [2.75, 3.05) is 0 Å². The third kappa shape index (κ3) is 6.56. The van der Waals surface area contributed by atoms with Gasteiger partial charge in [0.15, 0.2) is 0 Å². The molecule has 9 rings (SSSR count). The van der Waals surface area contributed by atoms with Crippen molar-refractivity contribution >= 4 is 65.9 Å². The monoisotopic (exact) mass is 850 g/mol. The number of aromatic nitrogens is 4. The first kappa shape index (κ1) is 42.5. The van der Waals surface area contributed by atoms with Crippen molar-refractivity contribution in [3.05, 3.63) is 118 Å². The summed E-state index contributed by atoms with van der Waals surface area (Å²) in [6.07, 6.45) is 5.85. The second kappa shape index (κ2) is 16.7. The van der Waals surface area contributed by atoms with E-state index < -0.39 is 0 Å². The molecule has 0 saturated heterocycles. The highest BCUT2D eigenvalue weighted by molar-refractivity contribution is 6.12. The number of phenols is 4. The third-order valence-electron chi connectivity index (χ3n) is 13.7. The van der Waals surface area contributed by atoms with Gasteiger partial charge in [0.05, 0.1) is 33.8 Å². The van der Waals surface area contributed by atoms with E-state index in [2.05, 4.69) is 77.5 Å². The summed E-state index contributed by atoms with van der Waals surface area (Å²) in [5, 5.41) is 49.4. The van der Waals surface area contributed by atoms with Crippen LogP contribution in [0.25, 0.3) is 88.2 Å². The van der Waals surface area contributed by atoms with Crippen molar-refractivity contribution in [3.8, 4) is 45.3 Å². The second-order valence-corrected chi connectivity index (χ2v) is 16.9. The van der Waals surface area contributed by atoms with Gasteiger partial charge in [-0.3, -0.25) is 0 Å². The molecule has 0 unspecified atom stereocenters. The Bertz CT molecular complexity index is 3080. The predicted molar refractivity (Wildman–Crippen MR) is 266 cm³/mol. The molecule has 2 aliphatic rings. The predicted octanol–water partition coefficient (Wildman–Crippen LogP) is 14.5. The molecule has 8 heteroatoms. The van der Waals surface area contributed by atoms with Gasteiger partial charge in [0.2, 0.25) is 0 Å². The molecule has 6 N–H and O–H groups in total. The maximum Gasteiger partial charge on any atom is 0.124 e. The highest BCUT2D eigenvalue weighted by Gasteiger charge is 2.30. The van der Waals surface area contributed by atoms with Crippen molar-refractivity contribution < 1.29 is 20.4 Å². The highest BCUT2D eigenvalue weighted by atomic mass is 16.3. The zero-order chi connectivity index (χ0) is 45.1. The lowest BCUT2D eigenvalue weighted by Gasteiger charge is -2.15. The minimum absolute atomic E-state index is 0.113. The molecule has 5 heterocycles. The van der Waals surface area contributed by atoms with Crippen LogP contribution in [0, 0.1) is 0 Å². The topological polar surface area (TPSA) is 138 Å². The van der Waals surface area contributed by atoms with Crippen LogP contribution in [0.15, 0.2) is 72.8 Å². The third-order valence-corrected chi connectivity index (χ3v) is 13.7. The number of hydrogen-bond acceptors (Lipinski definition) is 6. The largest absolute Gasteiger partial charge is 0.508 e. The summed E-state index contributed by atoms with van der Waals surface area (Å²) in [6.45, 7) is 17.5. The quantitative estimate of drug-likeness (QED) is 0.0810. The number of allylic oxidation sites excluding steroid dienone is 4. The molecule has 3 aromatic heterocycles. The van der Waals surface area contributed by atoms with E-state index in [1.807, 2.05) is 24.3 Å². The van der Waals surface area contributed by atoms with E-state index in [4.69, 9.17) is 9.97 Å². The molecule has 64 heavy (non-hydrogen) atoms. The Morgan fingerprint density at radius 3 is 1.09 bits per heavy atom. The van der Waals surface area contributed by atoms with Crippen LogP contribution in [-0.2, 0) is 25.7 Å². The number of rotatable bonds is 10. The van der Waals surface area contributed by atoms with Crippen molar-refractivity contribution in [1.82, 2.24) is 19.9 Å². The van der Waals surface area contributed by atoms with Gasteiger partial charge in [0.1, 0.15) is 23.0 Å². The molecule has 0 saturated carbocycles. The number of aromatic hydroxyl groups is 4. The Hall–Kier alpha value is -6.80. The first-order valence-corrected chi connectivity index (χ1v) is 23.2. The molecule has 0 atom stereocenters. The number of fused-ring (bicyclic) bond motifs is 10. The molecular weight excluding hydrogens is 793 g/mol. The summed E-state index contributed by atoms with van der Waals surface area (Å²) in [5.74, 6) is 0.470. The van der Waals surface area contributed by atoms with Gasteiger partial charge in [-0.15, -0.1) is 0 Å². The average molecular weight is 851 g/mol. The van der Waals surface area contributed by atoms with E-state index in [0.29, 0.717) is 24.0 Å². The molecule has 0 radical (unpaired) electrons. The fourth-order valence-corrected chi connectivity index (χ4v) is 10.9. The summed E-state index contributed by atoms with van der Waals surface area (Å²) in [6, 6.07) is 22.4. The lowest BCUT2D eigenvalue weighted by molar-refractivity contribution is 0.474. The Labute approximate surface area is 374 Å². The number of hydrogen-bond donors (Lipinski definition) is 6. The van der Waals surface area contributed by atoms with Crippen molar-refractivity contribution in [3.63, 3.8) is 0 Å². The van der Waals surface area contributed by atoms with Crippen LogP contribution in [0.2, 0.25) is 0 Å². The van der Waals surface area contributed by atoms with Crippen molar-refractivity contribution in [2.45, 2.75) is 107 Å². The van der Waals surface area contributed by atoms with E-state index in [-0.39, 0.29) is 23.0 Å². The van der Waals surface area contributed by atoms with Crippen LogP contribution >= 0.6 is 0 Å². The molecule has 0 spiro atoms. The lowest BCUT2D eigenvalue weighted by atomic mass is 9.89. The van der Waals surface area contributed by atoms with Gasteiger partial charge >= 0.3 is 0 Å². The molecular formula is C56H58N4O4. The normalized spacial score (nSPS) is 13.0. The molecule has 0 fully saturated rings. The Kier molecular flexibility index (Phi) is 11.1. The zero-order valence-corrected chi connectivity index (χ0v) is 38.3.